The van der Waals surface area contributed by atoms with E-state index < -0.39 is 0 Å². The minimum absolute atomic E-state index is 0.165. The first-order chi connectivity index (χ1) is 7.31. The zero-order valence-electron chi connectivity index (χ0n) is 8.69. The molecule has 0 amide bonds. The van der Waals surface area contributed by atoms with Crippen LogP contribution in [0.25, 0.3) is 0 Å². The summed E-state index contributed by atoms with van der Waals surface area (Å²) in [6.45, 7) is 2.27. The summed E-state index contributed by atoms with van der Waals surface area (Å²) in [6, 6.07) is 5.55. The maximum atomic E-state index is 9.46. The molecule has 1 aromatic rings. The Morgan fingerprint density at radius 1 is 1.53 bits per heavy atom. The maximum absolute atomic E-state index is 9.46. The van der Waals surface area contributed by atoms with Crippen LogP contribution in [0.15, 0.2) is 18.2 Å². The largest absolute Gasteiger partial charge is 0.504 e. The average Bonchev–Trinajstić information content (AvgIpc) is 2.31. The highest BCUT2D eigenvalue weighted by Crippen LogP contribution is 2.29. The monoisotopic (exact) mass is 209 g/mol. The van der Waals surface area contributed by atoms with E-state index in [2.05, 4.69) is 5.32 Å². The molecule has 0 unspecified atom stereocenters. The summed E-state index contributed by atoms with van der Waals surface area (Å²) in [7, 11) is 1.55. The van der Waals surface area contributed by atoms with Crippen LogP contribution in [-0.4, -0.2) is 32.0 Å². The van der Waals surface area contributed by atoms with Crippen molar-refractivity contribution in [2.24, 2.45) is 0 Å². The second kappa shape index (κ2) is 4.51. The summed E-state index contributed by atoms with van der Waals surface area (Å²) in [6.07, 6.45) is 0. The van der Waals surface area contributed by atoms with Gasteiger partial charge in [0.2, 0.25) is 0 Å². The van der Waals surface area contributed by atoms with Crippen molar-refractivity contribution in [2.45, 2.75) is 6.04 Å². The van der Waals surface area contributed by atoms with Gasteiger partial charge in [0.05, 0.1) is 26.4 Å². The number of nitrogens with one attached hydrogen (secondary N) is 1. The van der Waals surface area contributed by atoms with Gasteiger partial charge in [0, 0.05) is 6.54 Å². The highest BCUT2D eigenvalue weighted by atomic mass is 16.5. The van der Waals surface area contributed by atoms with E-state index in [4.69, 9.17) is 9.47 Å². The SMILES string of the molecule is COc1cc([C@@H]2COCCN2)ccc1O. The van der Waals surface area contributed by atoms with Gasteiger partial charge in [-0.2, -0.15) is 0 Å². The van der Waals surface area contributed by atoms with Gasteiger partial charge in [0.25, 0.3) is 0 Å². The zero-order chi connectivity index (χ0) is 10.7. The molecule has 1 heterocycles. The number of benzene rings is 1. The van der Waals surface area contributed by atoms with Gasteiger partial charge in [0.15, 0.2) is 11.5 Å². The topological polar surface area (TPSA) is 50.7 Å². The Labute approximate surface area is 88.8 Å². The van der Waals surface area contributed by atoms with E-state index in [9.17, 15) is 5.11 Å². The summed E-state index contributed by atoms with van der Waals surface area (Å²) in [5.74, 6) is 0.665. The Balaban J connectivity index is 2.20. The smallest absolute Gasteiger partial charge is 0.160 e. The van der Waals surface area contributed by atoms with E-state index in [0.29, 0.717) is 12.4 Å². The molecule has 2 rings (SSSR count). The van der Waals surface area contributed by atoms with E-state index >= 15 is 0 Å². The average molecular weight is 209 g/mol. The van der Waals surface area contributed by atoms with Crippen molar-refractivity contribution in [1.29, 1.82) is 0 Å². The molecule has 0 aromatic heterocycles. The Bertz CT molecular complexity index is 335. The number of phenolic OH excluding ortho intramolecular Hbond substituents is 1. The van der Waals surface area contributed by atoms with Crippen molar-refractivity contribution in [3.05, 3.63) is 23.8 Å². The Morgan fingerprint density at radius 3 is 3.07 bits per heavy atom. The lowest BCUT2D eigenvalue weighted by Gasteiger charge is -2.24. The lowest BCUT2D eigenvalue weighted by molar-refractivity contribution is 0.0768. The van der Waals surface area contributed by atoms with Gasteiger partial charge in [-0.25, -0.2) is 0 Å². The standard InChI is InChI=1S/C11H15NO3/c1-14-11-6-8(2-3-10(11)13)9-7-15-5-4-12-9/h2-3,6,9,12-13H,4-5,7H2,1H3/t9-/m0/s1. The van der Waals surface area contributed by atoms with E-state index in [1.807, 2.05) is 12.1 Å². The molecule has 15 heavy (non-hydrogen) atoms. The lowest BCUT2D eigenvalue weighted by atomic mass is 10.1. The fourth-order valence-electron chi connectivity index (χ4n) is 1.69. The number of ether oxygens (including phenoxy) is 2. The molecule has 1 aliphatic heterocycles. The number of morpholine rings is 1. The highest BCUT2D eigenvalue weighted by molar-refractivity contribution is 5.42. The normalized spacial score (nSPS) is 21.3. The Hall–Kier alpha value is -1.26. The second-order valence-corrected chi connectivity index (χ2v) is 3.51. The molecule has 1 fully saturated rings. The molecule has 0 radical (unpaired) electrons. The molecular formula is C11H15NO3. The van der Waals surface area contributed by atoms with Crippen molar-refractivity contribution < 1.29 is 14.6 Å². The molecule has 1 aromatic carbocycles. The molecule has 1 atom stereocenters. The van der Waals surface area contributed by atoms with Crippen LogP contribution >= 0.6 is 0 Å². The van der Waals surface area contributed by atoms with Gasteiger partial charge in [-0.05, 0) is 17.7 Å². The number of rotatable bonds is 2. The highest BCUT2D eigenvalue weighted by Gasteiger charge is 2.16. The number of hydrogen-bond donors (Lipinski definition) is 2. The Morgan fingerprint density at radius 2 is 2.40 bits per heavy atom. The van der Waals surface area contributed by atoms with E-state index in [1.54, 1.807) is 13.2 Å². The van der Waals surface area contributed by atoms with E-state index in [1.165, 1.54) is 0 Å². The number of aromatic hydroxyl groups is 1. The summed E-state index contributed by atoms with van der Waals surface area (Å²) in [4.78, 5) is 0. The third-order valence-electron chi connectivity index (χ3n) is 2.53. The molecule has 0 saturated carbocycles. The Kier molecular flexibility index (Phi) is 3.08. The molecule has 1 saturated heterocycles. The summed E-state index contributed by atoms with van der Waals surface area (Å²) < 4.78 is 10.4. The van der Waals surface area contributed by atoms with Crippen LogP contribution in [0.2, 0.25) is 0 Å². The van der Waals surface area contributed by atoms with E-state index in [-0.39, 0.29) is 11.8 Å². The van der Waals surface area contributed by atoms with Crippen LogP contribution in [0, 0.1) is 0 Å². The van der Waals surface area contributed by atoms with Crippen LogP contribution in [0.5, 0.6) is 11.5 Å². The van der Waals surface area contributed by atoms with Gasteiger partial charge in [-0.1, -0.05) is 6.07 Å². The summed E-state index contributed by atoms with van der Waals surface area (Å²) in [5.41, 5.74) is 1.07. The van der Waals surface area contributed by atoms with Crippen LogP contribution in [0.3, 0.4) is 0 Å². The first-order valence-corrected chi connectivity index (χ1v) is 4.99. The van der Waals surface area contributed by atoms with Crippen LogP contribution in [-0.2, 0) is 4.74 Å². The van der Waals surface area contributed by atoms with Crippen molar-refractivity contribution in [2.75, 3.05) is 26.9 Å². The van der Waals surface area contributed by atoms with Gasteiger partial charge >= 0.3 is 0 Å². The predicted octanol–water partition coefficient (Wildman–Crippen LogP) is 1.06. The maximum Gasteiger partial charge on any atom is 0.160 e. The number of methoxy groups -OCH3 is 1. The number of phenols is 1. The van der Waals surface area contributed by atoms with Crippen molar-refractivity contribution in [3.8, 4) is 11.5 Å². The minimum atomic E-state index is 0.165. The number of hydrogen-bond acceptors (Lipinski definition) is 4. The fraction of sp³-hybridized carbons (Fsp3) is 0.455. The first kappa shape index (κ1) is 10.3. The van der Waals surface area contributed by atoms with Gasteiger partial charge < -0.3 is 19.9 Å². The van der Waals surface area contributed by atoms with Crippen LogP contribution < -0.4 is 10.1 Å². The minimum Gasteiger partial charge on any atom is -0.504 e. The zero-order valence-corrected chi connectivity index (χ0v) is 8.69. The second-order valence-electron chi connectivity index (χ2n) is 3.51. The van der Waals surface area contributed by atoms with Crippen molar-refractivity contribution >= 4 is 0 Å². The summed E-state index contributed by atoms with van der Waals surface area (Å²) in [5, 5.41) is 12.8. The van der Waals surface area contributed by atoms with Crippen molar-refractivity contribution in [1.82, 2.24) is 5.32 Å². The van der Waals surface area contributed by atoms with Gasteiger partial charge in [0.1, 0.15) is 0 Å². The van der Waals surface area contributed by atoms with Crippen LogP contribution in [0.1, 0.15) is 11.6 Å². The van der Waals surface area contributed by atoms with Gasteiger partial charge in [-0.3, -0.25) is 0 Å². The molecule has 0 aliphatic carbocycles. The molecule has 0 spiro atoms. The van der Waals surface area contributed by atoms with Crippen LogP contribution in [0.4, 0.5) is 0 Å². The van der Waals surface area contributed by atoms with Crippen molar-refractivity contribution in [3.63, 3.8) is 0 Å². The molecule has 4 nitrogen and oxygen atoms in total. The fourth-order valence-corrected chi connectivity index (χ4v) is 1.69. The molecule has 4 heteroatoms. The van der Waals surface area contributed by atoms with Gasteiger partial charge in [-0.15, -0.1) is 0 Å². The third-order valence-corrected chi connectivity index (χ3v) is 2.53. The molecular weight excluding hydrogens is 194 g/mol. The lowest BCUT2D eigenvalue weighted by Crippen LogP contribution is -2.34. The molecule has 2 N–H and O–H groups in total. The molecule has 0 bridgehead atoms. The first-order valence-electron chi connectivity index (χ1n) is 4.99. The summed E-state index contributed by atoms with van der Waals surface area (Å²) >= 11 is 0. The van der Waals surface area contributed by atoms with E-state index in [0.717, 1.165) is 18.7 Å². The quantitative estimate of drug-likeness (QED) is 0.764. The predicted molar refractivity (Wildman–Crippen MR) is 56.2 cm³/mol. The third kappa shape index (κ3) is 2.22. The molecule has 1 aliphatic rings. The molecule has 82 valence electrons.